The SMILES string of the molecule is N#CC1(CC(O)COCc2ccccc2)CCCCC1. The van der Waals surface area contributed by atoms with Gasteiger partial charge in [-0.2, -0.15) is 5.26 Å². The summed E-state index contributed by atoms with van der Waals surface area (Å²) >= 11 is 0. The van der Waals surface area contributed by atoms with E-state index in [1.807, 2.05) is 30.3 Å². The van der Waals surface area contributed by atoms with Crippen molar-refractivity contribution in [1.82, 2.24) is 0 Å². The molecule has 3 nitrogen and oxygen atoms in total. The Morgan fingerprint density at radius 3 is 2.55 bits per heavy atom. The molecule has 0 radical (unpaired) electrons. The van der Waals surface area contributed by atoms with Crippen LogP contribution in [0, 0.1) is 16.7 Å². The molecule has 0 amide bonds. The number of benzene rings is 1. The van der Waals surface area contributed by atoms with E-state index in [1.54, 1.807) is 0 Å². The zero-order valence-corrected chi connectivity index (χ0v) is 11.9. The van der Waals surface area contributed by atoms with Gasteiger partial charge in [0.25, 0.3) is 0 Å². The van der Waals surface area contributed by atoms with E-state index < -0.39 is 6.10 Å². The quantitative estimate of drug-likeness (QED) is 0.864. The Morgan fingerprint density at radius 1 is 1.20 bits per heavy atom. The summed E-state index contributed by atoms with van der Waals surface area (Å²) < 4.78 is 5.55. The monoisotopic (exact) mass is 273 g/mol. The first kappa shape index (κ1) is 15.0. The van der Waals surface area contributed by atoms with E-state index in [0.29, 0.717) is 19.6 Å². The first-order valence-electron chi connectivity index (χ1n) is 7.45. The van der Waals surface area contributed by atoms with Crippen molar-refractivity contribution in [1.29, 1.82) is 5.26 Å². The summed E-state index contributed by atoms with van der Waals surface area (Å²) in [5.41, 5.74) is 0.778. The molecule has 0 heterocycles. The third-order valence-electron chi connectivity index (χ3n) is 4.10. The van der Waals surface area contributed by atoms with Crippen molar-refractivity contribution >= 4 is 0 Å². The summed E-state index contributed by atoms with van der Waals surface area (Å²) in [4.78, 5) is 0. The minimum Gasteiger partial charge on any atom is -0.391 e. The summed E-state index contributed by atoms with van der Waals surface area (Å²) in [5.74, 6) is 0. The second-order valence-corrected chi connectivity index (χ2v) is 5.81. The highest BCUT2D eigenvalue weighted by Crippen LogP contribution is 2.39. The zero-order valence-electron chi connectivity index (χ0n) is 11.9. The molecule has 1 aliphatic rings. The predicted molar refractivity (Wildman–Crippen MR) is 77.9 cm³/mol. The van der Waals surface area contributed by atoms with Gasteiger partial charge >= 0.3 is 0 Å². The van der Waals surface area contributed by atoms with E-state index in [-0.39, 0.29) is 5.41 Å². The normalized spacial score (nSPS) is 19.2. The highest BCUT2D eigenvalue weighted by molar-refractivity contribution is 5.13. The standard InChI is InChI=1S/C17H23NO2/c18-14-17(9-5-2-6-10-17)11-16(19)13-20-12-15-7-3-1-4-8-15/h1,3-4,7-8,16,19H,2,5-6,9-13H2. The van der Waals surface area contributed by atoms with Gasteiger partial charge in [0, 0.05) is 0 Å². The lowest BCUT2D eigenvalue weighted by Gasteiger charge is -2.32. The molecule has 0 saturated heterocycles. The number of nitriles is 1. The Morgan fingerprint density at radius 2 is 1.90 bits per heavy atom. The van der Waals surface area contributed by atoms with Gasteiger partial charge in [0.1, 0.15) is 0 Å². The van der Waals surface area contributed by atoms with E-state index in [1.165, 1.54) is 6.42 Å². The largest absolute Gasteiger partial charge is 0.391 e. The molecule has 1 unspecified atom stereocenters. The zero-order chi connectivity index (χ0) is 14.3. The van der Waals surface area contributed by atoms with Crippen molar-refractivity contribution in [2.45, 2.75) is 51.2 Å². The maximum absolute atomic E-state index is 10.1. The molecular formula is C17H23NO2. The minimum absolute atomic E-state index is 0.304. The molecule has 1 aliphatic carbocycles. The van der Waals surface area contributed by atoms with Gasteiger partial charge in [0.15, 0.2) is 0 Å². The third kappa shape index (κ3) is 4.33. The molecule has 1 N–H and O–H groups in total. The molecule has 0 bridgehead atoms. The molecule has 1 saturated carbocycles. The lowest BCUT2D eigenvalue weighted by Crippen LogP contribution is -2.30. The van der Waals surface area contributed by atoms with Crippen LogP contribution >= 0.6 is 0 Å². The molecule has 2 rings (SSSR count). The number of rotatable bonds is 6. The molecule has 0 aromatic heterocycles. The molecule has 0 aliphatic heterocycles. The fourth-order valence-corrected chi connectivity index (χ4v) is 2.99. The first-order valence-corrected chi connectivity index (χ1v) is 7.45. The summed E-state index contributed by atoms with van der Waals surface area (Å²) in [5, 5.41) is 19.5. The van der Waals surface area contributed by atoms with E-state index in [2.05, 4.69) is 6.07 Å². The number of aliphatic hydroxyl groups excluding tert-OH is 1. The molecule has 3 heteroatoms. The molecule has 1 atom stereocenters. The number of hydrogen-bond acceptors (Lipinski definition) is 3. The van der Waals surface area contributed by atoms with Crippen molar-refractivity contribution in [3.8, 4) is 6.07 Å². The van der Waals surface area contributed by atoms with Gasteiger partial charge in [-0.05, 0) is 24.8 Å². The average Bonchev–Trinajstić information content (AvgIpc) is 2.49. The Balaban J connectivity index is 1.74. The van der Waals surface area contributed by atoms with Gasteiger partial charge in [-0.15, -0.1) is 0 Å². The van der Waals surface area contributed by atoms with E-state index in [4.69, 9.17) is 4.74 Å². The van der Waals surface area contributed by atoms with E-state index in [9.17, 15) is 10.4 Å². The van der Waals surface area contributed by atoms with Gasteiger partial charge in [-0.25, -0.2) is 0 Å². The van der Waals surface area contributed by atoms with Gasteiger partial charge in [-0.1, -0.05) is 49.6 Å². The van der Waals surface area contributed by atoms with Gasteiger partial charge in [-0.3, -0.25) is 0 Å². The van der Waals surface area contributed by atoms with Crippen LogP contribution in [0.1, 0.15) is 44.1 Å². The Labute approximate surface area is 121 Å². The topological polar surface area (TPSA) is 53.2 Å². The third-order valence-corrected chi connectivity index (χ3v) is 4.10. The Kier molecular flexibility index (Phi) is 5.58. The second-order valence-electron chi connectivity index (χ2n) is 5.81. The van der Waals surface area contributed by atoms with Crippen molar-refractivity contribution in [3.63, 3.8) is 0 Å². The molecule has 1 aromatic rings. The maximum Gasteiger partial charge on any atom is 0.0789 e. The van der Waals surface area contributed by atoms with Gasteiger partial charge in [0.05, 0.1) is 30.8 Å². The Bertz CT molecular complexity index is 432. The van der Waals surface area contributed by atoms with Crippen molar-refractivity contribution in [2.24, 2.45) is 5.41 Å². The number of hydrogen-bond donors (Lipinski definition) is 1. The van der Waals surface area contributed by atoms with Crippen LogP contribution in [-0.4, -0.2) is 17.8 Å². The maximum atomic E-state index is 10.1. The molecular weight excluding hydrogens is 250 g/mol. The number of ether oxygens (including phenoxy) is 1. The van der Waals surface area contributed by atoms with Gasteiger partial charge in [0.2, 0.25) is 0 Å². The van der Waals surface area contributed by atoms with E-state index >= 15 is 0 Å². The molecule has 108 valence electrons. The fraction of sp³-hybridized carbons (Fsp3) is 0.588. The van der Waals surface area contributed by atoms with Crippen LogP contribution < -0.4 is 0 Å². The van der Waals surface area contributed by atoms with Crippen LogP contribution in [0.2, 0.25) is 0 Å². The van der Waals surface area contributed by atoms with Crippen LogP contribution in [0.15, 0.2) is 30.3 Å². The highest BCUT2D eigenvalue weighted by atomic mass is 16.5. The molecule has 1 fully saturated rings. The highest BCUT2D eigenvalue weighted by Gasteiger charge is 2.34. The van der Waals surface area contributed by atoms with Crippen molar-refractivity contribution < 1.29 is 9.84 Å². The van der Waals surface area contributed by atoms with E-state index in [0.717, 1.165) is 31.2 Å². The molecule has 1 aromatic carbocycles. The van der Waals surface area contributed by atoms with Crippen LogP contribution in [0.4, 0.5) is 0 Å². The lowest BCUT2D eigenvalue weighted by molar-refractivity contribution is 0.00445. The molecule has 0 spiro atoms. The van der Waals surface area contributed by atoms with Crippen LogP contribution in [0.25, 0.3) is 0 Å². The second kappa shape index (κ2) is 7.42. The van der Waals surface area contributed by atoms with Crippen LogP contribution in [0.5, 0.6) is 0 Å². The average molecular weight is 273 g/mol. The minimum atomic E-state index is -0.545. The lowest BCUT2D eigenvalue weighted by atomic mass is 9.72. The van der Waals surface area contributed by atoms with Gasteiger partial charge < -0.3 is 9.84 Å². The van der Waals surface area contributed by atoms with Crippen molar-refractivity contribution in [2.75, 3.05) is 6.61 Å². The fourth-order valence-electron chi connectivity index (χ4n) is 2.99. The van der Waals surface area contributed by atoms with Crippen molar-refractivity contribution in [3.05, 3.63) is 35.9 Å². The van der Waals surface area contributed by atoms with Crippen LogP contribution in [-0.2, 0) is 11.3 Å². The first-order chi connectivity index (χ1) is 9.74. The molecule has 20 heavy (non-hydrogen) atoms. The summed E-state index contributed by atoms with van der Waals surface area (Å²) in [6.45, 7) is 0.815. The van der Waals surface area contributed by atoms with Crippen LogP contribution in [0.3, 0.4) is 0 Å². The number of aliphatic hydroxyl groups is 1. The summed E-state index contributed by atoms with van der Waals surface area (Å²) in [6.07, 6.45) is 5.24. The smallest absolute Gasteiger partial charge is 0.0789 e. The summed E-state index contributed by atoms with van der Waals surface area (Å²) in [6, 6.07) is 12.4. The summed E-state index contributed by atoms with van der Waals surface area (Å²) in [7, 11) is 0. The predicted octanol–water partition coefficient (Wildman–Crippen LogP) is 3.43. The number of nitrogens with zero attached hydrogens (tertiary/aromatic N) is 1. The Hall–Kier alpha value is -1.37.